The van der Waals surface area contributed by atoms with Crippen LogP contribution in [0.5, 0.6) is 0 Å². The molecule has 5 heterocycles. The molecule has 0 amide bonds. The number of likely N-dealkylation sites (N-methyl/N-ethyl adjacent to an activating group) is 1. The maximum Gasteiger partial charge on any atom is 0.332 e. The van der Waals surface area contributed by atoms with Crippen molar-refractivity contribution in [3.63, 3.8) is 0 Å². The number of benzene rings is 1. The molecule has 234 valence electrons. The Morgan fingerprint density at radius 3 is 2.70 bits per heavy atom. The van der Waals surface area contributed by atoms with E-state index in [0.29, 0.717) is 35.5 Å². The van der Waals surface area contributed by atoms with E-state index in [1.54, 1.807) is 14.0 Å². The number of nitrogens with one attached hydrogen (secondary N) is 2. The highest BCUT2D eigenvalue weighted by molar-refractivity contribution is 5.85. The monoisotopic (exact) mass is 620 g/mol. The van der Waals surface area contributed by atoms with Gasteiger partial charge in [0.15, 0.2) is 11.2 Å². The summed E-state index contributed by atoms with van der Waals surface area (Å²) >= 11 is 0. The Hall–Kier alpha value is -3.76. The van der Waals surface area contributed by atoms with E-state index in [1.807, 2.05) is 35.8 Å². The maximum absolute atomic E-state index is 14.1. The summed E-state index contributed by atoms with van der Waals surface area (Å²) in [6.45, 7) is 7.56. The minimum Gasteiger partial charge on any atom is -0.341 e. The second-order valence-corrected chi connectivity index (χ2v) is 11.6. The highest BCUT2D eigenvalue weighted by atomic mass is 35.5. The topological polar surface area (TPSA) is 118 Å². The fraction of sp³-hybridized carbons (Fsp3) is 0.516. The molecule has 0 saturated carbocycles. The Kier molecular flexibility index (Phi) is 9.70. The molecule has 0 spiro atoms. The standard InChI is InChI=1S/C31H40N10O2.ClH/c1-5-6-17-40-27-28(35-30(40)39-16-10-12-23(19-39)38(4)36-22-11-9-15-32-18-22)37(3)31(43)41(29(27)42)20-26-33-21(2)24-13-7-8-14-25(24)34-26;/h7-8,13-14,22-23,32,36H,9-12,15-20H2,1-4H3;1H/t22?,23-;/m1./s1. The van der Waals surface area contributed by atoms with Gasteiger partial charge in [-0.15, -0.1) is 18.3 Å². The van der Waals surface area contributed by atoms with Crippen LogP contribution in [0.1, 0.15) is 44.1 Å². The van der Waals surface area contributed by atoms with Crippen molar-refractivity contribution in [3.8, 4) is 11.8 Å². The van der Waals surface area contributed by atoms with Crippen molar-refractivity contribution in [1.29, 1.82) is 0 Å². The molecule has 2 aliphatic heterocycles. The third kappa shape index (κ3) is 6.10. The Balaban J connectivity index is 0.00000384. The largest absolute Gasteiger partial charge is 0.341 e. The van der Waals surface area contributed by atoms with Crippen LogP contribution in [0, 0.1) is 18.8 Å². The van der Waals surface area contributed by atoms with Crippen molar-refractivity contribution in [2.24, 2.45) is 7.05 Å². The van der Waals surface area contributed by atoms with Crippen LogP contribution in [0.2, 0.25) is 0 Å². The Morgan fingerprint density at radius 1 is 1.11 bits per heavy atom. The lowest BCUT2D eigenvalue weighted by Gasteiger charge is -2.40. The van der Waals surface area contributed by atoms with Crippen molar-refractivity contribution in [2.45, 2.75) is 64.7 Å². The lowest BCUT2D eigenvalue weighted by Crippen LogP contribution is -2.57. The van der Waals surface area contributed by atoms with Gasteiger partial charge in [0.25, 0.3) is 5.56 Å². The normalized spacial score (nSPS) is 18.8. The number of halogens is 1. The Bertz CT molecular complexity index is 1830. The fourth-order valence-electron chi connectivity index (χ4n) is 6.36. The van der Waals surface area contributed by atoms with E-state index in [1.165, 1.54) is 15.6 Å². The molecule has 4 aromatic rings. The Labute approximate surface area is 262 Å². The minimum absolute atomic E-state index is 0. The molecular formula is C31H41ClN10O2. The number of hydrogen-bond acceptors (Lipinski definition) is 9. The number of hydrazine groups is 1. The maximum atomic E-state index is 14.1. The molecule has 0 bridgehead atoms. The summed E-state index contributed by atoms with van der Waals surface area (Å²) < 4.78 is 4.54. The van der Waals surface area contributed by atoms with E-state index in [0.717, 1.165) is 62.0 Å². The van der Waals surface area contributed by atoms with Gasteiger partial charge in [-0.25, -0.2) is 19.8 Å². The molecule has 3 aromatic heterocycles. The number of aromatic nitrogens is 6. The third-order valence-corrected chi connectivity index (χ3v) is 8.68. The molecule has 44 heavy (non-hydrogen) atoms. The molecule has 0 aliphatic carbocycles. The average Bonchev–Trinajstić information content (AvgIpc) is 3.41. The fourth-order valence-corrected chi connectivity index (χ4v) is 6.36. The summed E-state index contributed by atoms with van der Waals surface area (Å²) in [5.41, 5.74) is 5.12. The van der Waals surface area contributed by atoms with Crippen LogP contribution in [0.4, 0.5) is 5.95 Å². The number of fused-ring (bicyclic) bond motifs is 2. The van der Waals surface area contributed by atoms with Crippen LogP contribution >= 0.6 is 12.4 Å². The van der Waals surface area contributed by atoms with Crippen molar-refractivity contribution in [3.05, 3.63) is 56.6 Å². The van der Waals surface area contributed by atoms with Crippen LogP contribution in [0.15, 0.2) is 33.9 Å². The van der Waals surface area contributed by atoms with Gasteiger partial charge in [0.2, 0.25) is 5.95 Å². The summed E-state index contributed by atoms with van der Waals surface area (Å²) in [7, 11) is 3.78. The number of nitrogens with zero attached hydrogens (tertiary/aromatic N) is 8. The van der Waals surface area contributed by atoms with Crippen molar-refractivity contribution < 1.29 is 0 Å². The predicted octanol–water partition coefficient (Wildman–Crippen LogP) is 1.80. The summed E-state index contributed by atoms with van der Waals surface area (Å²) in [6.07, 6.45) is 4.38. The lowest BCUT2D eigenvalue weighted by molar-refractivity contribution is 0.112. The van der Waals surface area contributed by atoms with Gasteiger partial charge in [-0.1, -0.05) is 24.1 Å². The molecule has 6 rings (SSSR count). The molecule has 1 aromatic carbocycles. The number of imidazole rings is 1. The second-order valence-electron chi connectivity index (χ2n) is 11.6. The van der Waals surface area contributed by atoms with Gasteiger partial charge in [0, 0.05) is 56.9 Å². The van der Waals surface area contributed by atoms with Crippen molar-refractivity contribution >= 4 is 40.4 Å². The molecule has 2 aliphatic rings. The third-order valence-electron chi connectivity index (χ3n) is 8.68. The predicted molar refractivity (Wildman–Crippen MR) is 175 cm³/mol. The highest BCUT2D eigenvalue weighted by Gasteiger charge is 2.30. The number of aryl methyl sites for hydroxylation is 2. The average molecular weight is 621 g/mol. The molecule has 12 nitrogen and oxygen atoms in total. The van der Waals surface area contributed by atoms with E-state index in [2.05, 4.69) is 49.5 Å². The molecular weight excluding hydrogens is 580 g/mol. The first kappa shape index (κ1) is 31.7. The van der Waals surface area contributed by atoms with Crippen LogP contribution in [-0.2, 0) is 20.1 Å². The van der Waals surface area contributed by atoms with Crippen LogP contribution in [0.3, 0.4) is 0 Å². The number of hydrogen-bond donors (Lipinski definition) is 2. The summed E-state index contributed by atoms with van der Waals surface area (Å²) in [5, 5.41) is 6.66. The first-order chi connectivity index (χ1) is 20.9. The minimum atomic E-state index is -0.453. The SMILES string of the molecule is CC#CCn1c(N2CCC[C@@H](N(C)NC3CCCNC3)C2)nc2c1c(=O)n(Cc1nc(C)c3ccccc3n1)c(=O)n2C.Cl. The van der Waals surface area contributed by atoms with Crippen LogP contribution < -0.4 is 26.9 Å². The zero-order valence-electron chi connectivity index (χ0n) is 25.8. The number of rotatable bonds is 7. The number of anilines is 1. The molecule has 2 saturated heterocycles. The smallest absolute Gasteiger partial charge is 0.332 e. The molecule has 0 radical (unpaired) electrons. The van der Waals surface area contributed by atoms with Crippen LogP contribution in [-0.4, -0.2) is 79.0 Å². The van der Waals surface area contributed by atoms with Gasteiger partial charge >= 0.3 is 5.69 Å². The molecule has 13 heteroatoms. The van der Waals surface area contributed by atoms with Gasteiger partial charge < -0.3 is 10.2 Å². The van der Waals surface area contributed by atoms with Crippen molar-refractivity contribution in [1.82, 2.24) is 44.4 Å². The quantitative estimate of drug-likeness (QED) is 0.236. The van der Waals surface area contributed by atoms with E-state index >= 15 is 0 Å². The second kappa shape index (κ2) is 13.5. The summed E-state index contributed by atoms with van der Waals surface area (Å²) in [6, 6.07) is 8.42. The van der Waals surface area contributed by atoms with E-state index < -0.39 is 11.2 Å². The zero-order valence-corrected chi connectivity index (χ0v) is 26.7. The lowest BCUT2D eigenvalue weighted by atomic mass is 10.1. The van der Waals surface area contributed by atoms with Gasteiger partial charge in [-0.2, -0.15) is 4.98 Å². The van der Waals surface area contributed by atoms with Gasteiger partial charge in [-0.05, 0) is 52.1 Å². The molecule has 2 N–H and O–H groups in total. The van der Waals surface area contributed by atoms with Gasteiger partial charge in [-0.3, -0.25) is 23.9 Å². The summed E-state index contributed by atoms with van der Waals surface area (Å²) in [4.78, 5) is 44.0. The van der Waals surface area contributed by atoms with E-state index in [-0.39, 0.29) is 25.0 Å². The van der Waals surface area contributed by atoms with E-state index in [9.17, 15) is 9.59 Å². The van der Waals surface area contributed by atoms with Crippen LogP contribution in [0.25, 0.3) is 22.1 Å². The zero-order chi connectivity index (χ0) is 30.1. The summed E-state index contributed by atoms with van der Waals surface area (Å²) in [5.74, 6) is 7.16. The molecule has 2 fully saturated rings. The molecule has 1 unspecified atom stereocenters. The number of para-hydroxylation sites is 1. The highest BCUT2D eigenvalue weighted by Crippen LogP contribution is 2.25. The first-order valence-corrected chi connectivity index (χ1v) is 15.1. The number of piperidine rings is 2. The van der Waals surface area contributed by atoms with Gasteiger partial charge in [0.05, 0.1) is 18.6 Å². The van der Waals surface area contributed by atoms with E-state index in [4.69, 9.17) is 4.98 Å². The van der Waals surface area contributed by atoms with Gasteiger partial charge in [0.1, 0.15) is 5.82 Å². The van der Waals surface area contributed by atoms with Crippen molar-refractivity contribution in [2.75, 3.05) is 38.1 Å². The first-order valence-electron chi connectivity index (χ1n) is 15.1. The molecule has 2 atom stereocenters. The Morgan fingerprint density at radius 2 is 1.93 bits per heavy atom.